The summed E-state index contributed by atoms with van der Waals surface area (Å²) < 4.78 is 119. The number of imide groups is 1. The molecule has 3 N–H and O–H groups in total. The lowest BCUT2D eigenvalue weighted by Crippen LogP contribution is -2.46. The molecule has 2 saturated carbocycles. The summed E-state index contributed by atoms with van der Waals surface area (Å²) in [5.41, 5.74) is 3.97. The van der Waals surface area contributed by atoms with Gasteiger partial charge in [-0.2, -0.15) is 31.4 Å². The van der Waals surface area contributed by atoms with E-state index < -0.39 is 64.7 Å². The quantitative estimate of drug-likeness (QED) is 0.0158. The van der Waals surface area contributed by atoms with Crippen molar-refractivity contribution < 1.29 is 78.9 Å². The second-order valence-corrected chi connectivity index (χ2v) is 40.3. The molecule has 4 amide bonds. The van der Waals surface area contributed by atoms with Crippen LogP contribution in [0.25, 0.3) is 53.6 Å². The number of aldehydes is 1. The van der Waals surface area contributed by atoms with Crippen molar-refractivity contribution in [1.29, 1.82) is 0 Å². The van der Waals surface area contributed by atoms with E-state index in [1.807, 2.05) is 106 Å². The van der Waals surface area contributed by atoms with Crippen LogP contribution in [0.4, 0.5) is 53.9 Å². The molecular formula is C105H111F6N13O11S2. The largest absolute Gasteiger partial charge is 0.490 e. The van der Waals surface area contributed by atoms with Crippen molar-refractivity contribution in [3.63, 3.8) is 0 Å². The summed E-state index contributed by atoms with van der Waals surface area (Å²) in [7, 11) is 1.91. The Balaban J connectivity index is 0.000000201. The molecule has 5 aromatic heterocycles. The Morgan fingerprint density at radius 2 is 0.971 bits per heavy atom. The van der Waals surface area contributed by atoms with Crippen LogP contribution in [0.2, 0.25) is 0 Å². The molecule has 18 rings (SSSR count). The molecular weight excluding hydrogens is 1800 g/mol. The van der Waals surface area contributed by atoms with Crippen LogP contribution >= 0.6 is 22.7 Å². The van der Waals surface area contributed by atoms with Crippen molar-refractivity contribution >= 4 is 123 Å². The molecule has 4 fully saturated rings. The van der Waals surface area contributed by atoms with Gasteiger partial charge in [-0.15, -0.1) is 0 Å². The number of halogens is 6. The zero-order valence-corrected chi connectivity index (χ0v) is 79.3. The first-order valence-electron chi connectivity index (χ1n) is 47.2. The van der Waals surface area contributed by atoms with Gasteiger partial charge in [0.2, 0.25) is 11.8 Å². The first-order valence-corrected chi connectivity index (χ1v) is 48.8. The molecule has 0 radical (unpaired) electrons. The SMILES string of the molecule is CC(C)(C)OC(=O)c1nc(N2CCc3cccc(C(=O)Nc4nc5ccccc5s4)c3C2)ccc1-c1cccc(OC2CCC(CCCC=O)CC2)c1C(F)(F)F.Cn1nc(C2CCC(=O)NC2=O)c2cccc(N3CCN(CCCCC4CCC(Oc5cccc(-c6ccc(N7CCc8cccc(C(=O)Nc9nc%10ccccc%10s9)c8C7)nc6C(=O)OC(C)(C)C)c5C(F)(F)F)CC4)CC3)c21. The Morgan fingerprint density at radius 3 is 1.44 bits per heavy atom. The van der Waals surface area contributed by atoms with Crippen molar-refractivity contribution in [3.8, 4) is 33.8 Å². The van der Waals surface area contributed by atoms with Crippen LogP contribution in [-0.4, -0.2) is 146 Å². The number of anilines is 5. The zero-order valence-electron chi connectivity index (χ0n) is 77.7. The van der Waals surface area contributed by atoms with Crippen molar-refractivity contribution in [3.05, 3.63) is 225 Å². The number of hydrogen-bond acceptors (Lipinski definition) is 22. The number of ether oxygens (including phenoxy) is 4. The fourth-order valence-corrected chi connectivity index (χ4v) is 21.5. The maximum absolute atomic E-state index is 15.5. The number of carbonyl (C=O) groups is 7. The van der Waals surface area contributed by atoms with Gasteiger partial charge in [-0.3, -0.25) is 44.7 Å². The van der Waals surface area contributed by atoms with E-state index >= 15 is 26.3 Å². The molecule has 7 aromatic carbocycles. The van der Waals surface area contributed by atoms with Gasteiger partial charge in [0, 0.05) is 111 Å². The third-order valence-corrected chi connectivity index (χ3v) is 28.4. The van der Waals surface area contributed by atoms with Crippen LogP contribution in [0, 0.1) is 11.8 Å². The molecule has 0 bridgehead atoms. The average Bonchev–Trinajstić information content (AvgIpc) is 1.40. The fraction of sp³-hybridized carbons (Fsp3) is 0.410. The van der Waals surface area contributed by atoms with E-state index in [9.17, 15) is 33.6 Å². The normalized spacial score (nSPS) is 18.4. The number of aryl methyl sites for hydroxylation is 1. The highest BCUT2D eigenvalue weighted by Gasteiger charge is 2.44. The number of alkyl halides is 6. The maximum atomic E-state index is 15.5. The van der Waals surface area contributed by atoms with Crippen molar-refractivity contribution in [2.24, 2.45) is 18.9 Å². The summed E-state index contributed by atoms with van der Waals surface area (Å²) in [5, 5.41) is 15.1. The molecule has 137 heavy (non-hydrogen) atoms. The highest BCUT2D eigenvalue weighted by atomic mass is 32.1. The predicted octanol–water partition coefficient (Wildman–Crippen LogP) is 21.9. The number of aromatic nitrogens is 6. The highest BCUT2D eigenvalue weighted by Crippen LogP contribution is 2.49. The zero-order chi connectivity index (χ0) is 96.2. The molecule has 2 saturated heterocycles. The minimum atomic E-state index is -4.84. The number of piperidine rings is 1. The van der Waals surface area contributed by atoms with Crippen molar-refractivity contribution in [2.45, 2.75) is 212 Å². The average molecular weight is 1910 g/mol. The molecule has 4 aliphatic heterocycles. The summed E-state index contributed by atoms with van der Waals surface area (Å²) in [6.45, 7) is 16.2. The topological polar surface area (TPSA) is 275 Å². The van der Waals surface area contributed by atoms with Gasteiger partial charge in [0.1, 0.15) is 51.7 Å². The fourth-order valence-electron chi connectivity index (χ4n) is 19.8. The maximum Gasteiger partial charge on any atom is 0.420 e. The van der Waals surface area contributed by atoms with Crippen LogP contribution in [-0.2, 0) is 69.2 Å². The van der Waals surface area contributed by atoms with Gasteiger partial charge in [0.15, 0.2) is 21.7 Å². The molecule has 1 atom stereocenters. The Labute approximate surface area is 798 Å². The number of amides is 4. The lowest BCUT2D eigenvalue weighted by atomic mass is 9.84. The number of hydrogen-bond donors (Lipinski definition) is 3. The first kappa shape index (κ1) is 96.0. The van der Waals surface area contributed by atoms with E-state index in [4.69, 9.17) is 34.0 Å². The van der Waals surface area contributed by atoms with Gasteiger partial charge in [0.25, 0.3) is 11.8 Å². The first-order chi connectivity index (χ1) is 65.7. The number of para-hydroxylation sites is 3. The van der Waals surface area contributed by atoms with Crippen LogP contribution < -0.4 is 40.1 Å². The Kier molecular flexibility index (Phi) is 28.7. The molecule has 24 nitrogen and oxygen atoms in total. The number of nitrogens with one attached hydrogen (secondary N) is 3. The summed E-state index contributed by atoms with van der Waals surface area (Å²) in [4.78, 5) is 118. The van der Waals surface area contributed by atoms with Gasteiger partial charge in [0.05, 0.1) is 55.5 Å². The molecule has 32 heteroatoms. The molecule has 716 valence electrons. The number of rotatable bonds is 25. The second-order valence-electron chi connectivity index (χ2n) is 38.2. The minimum Gasteiger partial charge on any atom is -0.490 e. The standard InChI is InChI=1S/C61H66F3N9O6S.C44H45F3N4O5S/c1-60(2,3)79-58(77)54-41(25-27-50(66-54)73-31-29-38-13-9-15-42(45(38)36-73)56(75)68-59-65-46-17-5-6-20-49(46)80-59)40-14-11-19-48(52(40)61(62,63)64)78-39-23-21-37(22-24-39)12-7-8-30-71-32-34-72(35-33-71)47-18-10-16-43-53(69-70(4)55(43)47)44-26-28-51(74)67-57(44)76;1-43(2,3)56-41(54)39-31(30-12-9-15-35(38(30)44(45,46)47)55-29-19-17-27(18-20-29)10-6-7-25-52)21-22-37(49-39)51-24-23-28-11-8-13-32(33(28)26-51)40(53)50-42-48-34-14-4-5-16-36(34)57-42/h5-6,9-11,13-20,25,27,37,39,44H,7-8,12,21-24,26,28-36H2,1-4H3,(H,65,68,75)(H,67,74,76);4-5,8-9,11-16,21-22,25,27,29H,6-7,10,17-20,23-24,26H2,1-3H3,(H,48,50,53). The number of benzene rings is 7. The number of esters is 2. The van der Waals surface area contributed by atoms with Crippen LogP contribution in [0.5, 0.6) is 11.5 Å². The lowest BCUT2D eigenvalue weighted by Gasteiger charge is -2.36. The Bertz CT molecular complexity index is 6450. The van der Waals surface area contributed by atoms with Crippen molar-refractivity contribution in [2.75, 3.05) is 71.1 Å². The number of carbonyl (C=O) groups excluding carboxylic acids is 7. The van der Waals surface area contributed by atoms with E-state index in [2.05, 4.69) is 41.8 Å². The van der Waals surface area contributed by atoms with Crippen molar-refractivity contribution in [1.82, 2.24) is 39.9 Å². The van der Waals surface area contributed by atoms with Gasteiger partial charge in [-0.05, 0) is 245 Å². The number of fused-ring (bicyclic) bond motifs is 5. The van der Waals surface area contributed by atoms with E-state index in [0.29, 0.717) is 121 Å². The minimum absolute atomic E-state index is 0.0240. The van der Waals surface area contributed by atoms with E-state index in [1.165, 1.54) is 71.2 Å². The summed E-state index contributed by atoms with van der Waals surface area (Å²) in [6.07, 6.45) is 3.59. The van der Waals surface area contributed by atoms with Crippen LogP contribution in [0.3, 0.4) is 0 Å². The molecule has 1 unspecified atom stereocenters. The number of piperazine rings is 1. The van der Waals surface area contributed by atoms with Gasteiger partial charge in [-0.25, -0.2) is 29.5 Å². The van der Waals surface area contributed by atoms with Gasteiger partial charge >= 0.3 is 24.3 Å². The monoisotopic (exact) mass is 1910 g/mol. The highest BCUT2D eigenvalue weighted by molar-refractivity contribution is 7.22. The second kappa shape index (κ2) is 40.9. The van der Waals surface area contributed by atoms with Crippen LogP contribution in [0.15, 0.2) is 164 Å². The van der Waals surface area contributed by atoms with Gasteiger partial charge < -0.3 is 38.4 Å². The van der Waals surface area contributed by atoms with E-state index in [-0.39, 0.29) is 81.9 Å². The van der Waals surface area contributed by atoms with E-state index in [0.717, 1.165) is 156 Å². The molecule has 6 aliphatic rings. The van der Waals surface area contributed by atoms with Gasteiger partial charge in [-0.1, -0.05) is 127 Å². The Hall–Kier alpha value is -12.7. The van der Waals surface area contributed by atoms with Crippen LogP contribution in [0.1, 0.15) is 231 Å². The smallest absolute Gasteiger partial charge is 0.420 e. The predicted molar refractivity (Wildman–Crippen MR) is 518 cm³/mol. The Morgan fingerprint density at radius 1 is 0.496 bits per heavy atom. The number of unbranched alkanes of at least 4 members (excludes halogenated alkanes) is 2. The molecule has 12 aromatic rings. The number of thiazole rings is 2. The molecule has 2 aliphatic carbocycles. The number of pyridine rings is 2. The number of nitrogens with zero attached hydrogens (tertiary/aromatic N) is 10. The summed E-state index contributed by atoms with van der Waals surface area (Å²) in [6, 6.07) is 47.2. The lowest BCUT2D eigenvalue weighted by molar-refractivity contribution is -0.139. The third kappa shape index (κ3) is 22.5. The summed E-state index contributed by atoms with van der Waals surface area (Å²) >= 11 is 2.77. The summed E-state index contributed by atoms with van der Waals surface area (Å²) in [5.74, 6) is -2.31. The molecule has 0 spiro atoms. The molecule has 9 heterocycles. The van der Waals surface area contributed by atoms with E-state index in [1.54, 1.807) is 65.8 Å². The third-order valence-electron chi connectivity index (χ3n) is 26.5.